The molecule has 0 spiro atoms. The van der Waals surface area contributed by atoms with Crippen molar-refractivity contribution in [3.05, 3.63) is 34.9 Å². The van der Waals surface area contributed by atoms with Gasteiger partial charge in [-0.05, 0) is 30.5 Å². The van der Waals surface area contributed by atoms with Gasteiger partial charge in [0.1, 0.15) is 25.0 Å². The van der Waals surface area contributed by atoms with E-state index in [4.69, 9.17) is 9.47 Å². The third-order valence-corrected chi connectivity index (χ3v) is 7.68. The molecular formula is C27H33F3N2O7. The monoisotopic (exact) mass is 554 g/mol. The molecule has 1 heterocycles. The first-order chi connectivity index (χ1) is 18.6. The number of nitrogens with one attached hydrogen (secondary N) is 1. The number of alkyl halides is 3. The molecule has 0 aromatic heterocycles. The Morgan fingerprint density at radius 3 is 2.59 bits per heavy atom. The molecule has 1 aromatic carbocycles. The summed E-state index contributed by atoms with van der Waals surface area (Å²) >= 11 is 0. The average Bonchev–Trinajstić information content (AvgIpc) is 3.57. The molecular weight excluding hydrogens is 521 g/mol. The van der Waals surface area contributed by atoms with Gasteiger partial charge < -0.3 is 29.9 Å². The van der Waals surface area contributed by atoms with Gasteiger partial charge in [-0.1, -0.05) is 25.7 Å². The number of benzene rings is 1. The molecule has 214 valence electrons. The Kier molecular flexibility index (Phi) is 8.85. The molecule has 1 saturated carbocycles. The molecule has 1 fully saturated rings. The van der Waals surface area contributed by atoms with Gasteiger partial charge in [-0.2, -0.15) is 13.2 Å². The number of hydrogen-bond acceptors (Lipinski definition) is 7. The zero-order chi connectivity index (χ0) is 28.3. The van der Waals surface area contributed by atoms with E-state index in [1.54, 1.807) is 0 Å². The minimum atomic E-state index is -4.76. The first kappa shape index (κ1) is 28.9. The Morgan fingerprint density at radius 1 is 1.26 bits per heavy atom. The number of hydrogen-bond donors (Lipinski definition) is 3. The Hall–Kier alpha value is -3.12. The molecule has 0 saturated heterocycles. The van der Waals surface area contributed by atoms with Crippen molar-refractivity contribution >= 4 is 18.1 Å². The highest BCUT2D eigenvalue weighted by Crippen LogP contribution is 2.51. The van der Waals surface area contributed by atoms with E-state index in [1.807, 2.05) is 0 Å². The fourth-order valence-corrected chi connectivity index (χ4v) is 5.88. The molecule has 3 aliphatic rings. The molecule has 1 aliphatic heterocycles. The maximum atomic E-state index is 13.7. The van der Waals surface area contributed by atoms with E-state index < -0.39 is 48.7 Å². The average molecular weight is 555 g/mol. The van der Waals surface area contributed by atoms with Crippen molar-refractivity contribution in [2.45, 2.75) is 68.9 Å². The van der Waals surface area contributed by atoms with Gasteiger partial charge in [-0.3, -0.25) is 14.4 Å². The first-order valence-electron chi connectivity index (χ1n) is 13.1. The molecule has 4 rings (SSSR count). The van der Waals surface area contributed by atoms with Crippen LogP contribution in [0.5, 0.6) is 11.5 Å². The van der Waals surface area contributed by atoms with Crippen LogP contribution in [0.2, 0.25) is 0 Å². The van der Waals surface area contributed by atoms with Crippen LogP contribution in [0.25, 0.3) is 0 Å². The van der Waals surface area contributed by atoms with Crippen molar-refractivity contribution in [1.29, 1.82) is 0 Å². The second-order valence-electron chi connectivity index (χ2n) is 10.2. The van der Waals surface area contributed by atoms with Gasteiger partial charge in [0.2, 0.25) is 11.8 Å². The molecule has 4 atom stereocenters. The number of methoxy groups -OCH3 is 1. The second-order valence-corrected chi connectivity index (χ2v) is 10.2. The predicted molar refractivity (Wildman–Crippen MR) is 132 cm³/mol. The number of nitrogens with zero attached hydrogens (tertiary/aromatic N) is 1. The molecule has 2 amide bonds. The number of aldehydes is 1. The molecule has 0 bridgehead atoms. The summed E-state index contributed by atoms with van der Waals surface area (Å²) in [6.45, 7) is -2.11. The van der Waals surface area contributed by atoms with Crippen LogP contribution < -0.4 is 14.8 Å². The third-order valence-electron chi connectivity index (χ3n) is 7.68. The highest BCUT2D eigenvalue weighted by molar-refractivity contribution is 5.96. The van der Waals surface area contributed by atoms with E-state index in [-0.39, 0.29) is 48.1 Å². The quantitative estimate of drug-likeness (QED) is 0.380. The minimum absolute atomic E-state index is 0.0385. The molecule has 2 aliphatic carbocycles. The maximum absolute atomic E-state index is 13.7. The number of aliphatic hydroxyl groups excluding tert-OH is 2. The number of halogens is 3. The highest BCUT2D eigenvalue weighted by atomic mass is 19.4. The van der Waals surface area contributed by atoms with E-state index >= 15 is 0 Å². The molecule has 9 nitrogen and oxygen atoms in total. The smallest absolute Gasteiger partial charge is 0.406 e. The Labute approximate surface area is 223 Å². The van der Waals surface area contributed by atoms with Crippen molar-refractivity contribution < 1.29 is 47.2 Å². The van der Waals surface area contributed by atoms with Crippen LogP contribution >= 0.6 is 0 Å². The summed E-state index contributed by atoms with van der Waals surface area (Å²) in [7, 11) is 1.34. The Bertz CT molecular complexity index is 1120. The van der Waals surface area contributed by atoms with Crippen molar-refractivity contribution in [3.8, 4) is 11.5 Å². The van der Waals surface area contributed by atoms with Crippen LogP contribution in [-0.4, -0.2) is 84.4 Å². The summed E-state index contributed by atoms with van der Waals surface area (Å²) < 4.78 is 52.4. The van der Waals surface area contributed by atoms with Crippen LogP contribution in [0.4, 0.5) is 13.2 Å². The minimum Gasteiger partial charge on any atom is -0.493 e. The van der Waals surface area contributed by atoms with Crippen molar-refractivity contribution in [3.63, 3.8) is 0 Å². The van der Waals surface area contributed by atoms with E-state index in [0.717, 1.165) is 25.7 Å². The number of carbonyl (C=O) groups is 3. The van der Waals surface area contributed by atoms with Gasteiger partial charge in [0.25, 0.3) is 0 Å². The topological polar surface area (TPSA) is 125 Å². The zero-order valence-electron chi connectivity index (χ0n) is 21.6. The Balaban J connectivity index is 1.74. The van der Waals surface area contributed by atoms with Crippen LogP contribution in [0.3, 0.4) is 0 Å². The molecule has 39 heavy (non-hydrogen) atoms. The van der Waals surface area contributed by atoms with Crippen molar-refractivity contribution in [2.24, 2.45) is 5.92 Å². The molecule has 4 unspecified atom stereocenters. The molecule has 3 N–H and O–H groups in total. The number of ether oxygens (including phenoxy) is 2. The molecule has 1 aromatic rings. The SMILES string of the molecule is COc1cc(C=O)cc2c1OC1C2C(C(=O)NCCO)=CC(N(CC(F)(F)F)C(=O)CCC2CCCC2)C1O. The summed E-state index contributed by atoms with van der Waals surface area (Å²) in [4.78, 5) is 38.5. The van der Waals surface area contributed by atoms with Crippen molar-refractivity contribution in [1.82, 2.24) is 10.2 Å². The fraction of sp³-hybridized carbons (Fsp3) is 0.593. The first-order valence-corrected chi connectivity index (χ1v) is 13.1. The van der Waals surface area contributed by atoms with E-state index in [9.17, 15) is 37.8 Å². The number of amides is 2. The normalized spacial score (nSPS) is 24.3. The predicted octanol–water partition coefficient (Wildman–Crippen LogP) is 2.49. The van der Waals surface area contributed by atoms with Crippen LogP contribution in [0.15, 0.2) is 23.8 Å². The van der Waals surface area contributed by atoms with Gasteiger partial charge >= 0.3 is 6.18 Å². The van der Waals surface area contributed by atoms with Gasteiger partial charge in [0.05, 0.1) is 25.7 Å². The lowest BCUT2D eigenvalue weighted by molar-refractivity contribution is -0.170. The summed E-state index contributed by atoms with van der Waals surface area (Å²) in [6, 6.07) is 1.37. The van der Waals surface area contributed by atoms with E-state index in [1.165, 1.54) is 25.3 Å². The lowest BCUT2D eigenvalue weighted by Crippen LogP contribution is -2.57. The highest BCUT2D eigenvalue weighted by Gasteiger charge is 2.52. The third kappa shape index (κ3) is 6.22. The molecule has 0 radical (unpaired) electrons. The zero-order valence-corrected chi connectivity index (χ0v) is 21.6. The van der Waals surface area contributed by atoms with Crippen LogP contribution in [-0.2, 0) is 9.59 Å². The van der Waals surface area contributed by atoms with Gasteiger partial charge in [0.15, 0.2) is 11.5 Å². The molecule has 12 heteroatoms. The largest absolute Gasteiger partial charge is 0.493 e. The Morgan fingerprint density at radius 2 is 1.97 bits per heavy atom. The number of aliphatic hydroxyl groups is 2. The fourth-order valence-electron chi connectivity index (χ4n) is 5.88. The summed E-state index contributed by atoms with van der Waals surface area (Å²) in [6.07, 6.45) is -1.64. The number of fused-ring (bicyclic) bond motifs is 3. The lowest BCUT2D eigenvalue weighted by Gasteiger charge is -2.41. The van der Waals surface area contributed by atoms with Gasteiger partial charge in [-0.15, -0.1) is 0 Å². The summed E-state index contributed by atoms with van der Waals surface area (Å²) in [5.41, 5.74) is 0.519. The summed E-state index contributed by atoms with van der Waals surface area (Å²) in [5.74, 6) is -1.86. The van der Waals surface area contributed by atoms with Gasteiger partial charge in [-0.25, -0.2) is 0 Å². The summed E-state index contributed by atoms with van der Waals surface area (Å²) in [5, 5.41) is 23.1. The van der Waals surface area contributed by atoms with Gasteiger partial charge in [0, 0.05) is 29.7 Å². The van der Waals surface area contributed by atoms with Crippen LogP contribution in [0, 0.1) is 5.92 Å². The second kappa shape index (κ2) is 12.0. The maximum Gasteiger partial charge on any atom is 0.406 e. The van der Waals surface area contributed by atoms with E-state index in [0.29, 0.717) is 23.2 Å². The van der Waals surface area contributed by atoms with E-state index in [2.05, 4.69) is 5.32 Å². The number of carbonyl (C=O) groups excluding carboxylic acids is 3. The van der Waals surface area contributed by atoms with Crippen LogP contribution in [0.1, 0.15) is 60.4 Å². The lowest BCUT2D eigenvalue weighted by atomic mass is 9.77. The van der Waals surface area contributed by atoms with Crippen molar-refractivity contribution in [2.75, 3.05) is 26.8 Å². The number of rotatable bonds is 10. The standard InChI is InChI=1S/C27H33F3N2O7/c1-38-20-11-16(13-34)10-17-22-18(26(37)31-8-9-33)12-19(23(36)25(22)39-24(17)20)32(14-27(28,29)30)21(35)7-6-15-4-2-3-5-15/h10-13,15,19,22-23,25,33,36H,2-9,14H2,1H3,(H,31,37).